The van der Waals surface area contributed by atoms with Crippen LogP contribution in [0.2, 0.25) is 0 Å². The van der Waals surface area contributed by atoms with Crippen LogP contribution in [-0.2, 0) is 6.18 Å². The van der Waals surface area contributed by atoms with E-state index in [1.165, 1.54) is 30.3 Å². The maximum absolute atomic E-state index is 13.0. The molecule has 0 saturated heterocycles. The molecule has 1 amide bonds. The lowest BCUT2D eigenvalue weighted by Crippen LogP contribution is -2.15. The molecule has 0 unspecified atom stereocenters. The molecule has 0 aromatic heterocycles. The van der Waals surface area contributed by atoms with Gasteiger partial charge >= 0.3 is 6.18 Å². The van der Waals surface area contributed by atoms with Gasteiger partial charge in [0.1, 0.15) is 23.1 Å². The van der Waals surface area contributed by atoms with E-state index < -0.39 is 40.1 Å². The first-order valence-electron chi connectivity index (χ1n) is 8.79. The van der Waals surface area contributed by atoms with Gasteiger partial charge in [-0.25, -0.2) is 8.78 Å². The summed E-state index contributed by atoms with van der Waals surface area (Å²) in [4.78, 5) is 21.7. The van der Waals surface area contributed by atoms with E-state index >= 15 is 0 Å². The van der Waals surface area contributed by atoms with E-state index in [4.69, 9.17) is 22.1 Å². The Kier molecular flexibility index (Phi) is 7.93. The van der Waals surface area contributed by atoms with Crippen molar-refractivity contribution in [3.8, 4) is 11.5 Å². The molecule has 0 bridgehead atoms. The highest BCUT2D eigenvalue weighted by atomic mass is 35.5. The van der Waals surface area contributed by atoms with Crippen LogP contribution < -0.4 is 10.5 Å². The van der Waals surface area contributed by atoms with Gasteiger partial charge in [-0.15, -0.1) is 0 Å². The quantitative estimate of drug-likeness (QED) is 0.361. The van der Waals surface area contributed by atoms with Gasteiger partial charge in [0.15, 0.2) is 0 Å². The molecule has 3 aromatic rings. The summed E-state index contributed by atoms with van der Waals surface area (Å²) in [7, 11) is 0. The third-order valence-corrected chi connectivity index (χ3v) is 4.22. The number of ether oxygens (including phenoxy) is 1. The number of primary amides is 1. The molecule has 0 aliphatic rings. The van der Waals surface area contributed by atoms with Gasteiger partial charge in [0.2, 0.25) is 0 Å². The second kappa shape index (κ2) is 10.2. The average molecular weight is 472 g/mol. The van der Waals surface area contributed by atoms with E-state index in [0.29, 0.717) is 11.6 Å². The fraction of sp³-hybridized carbons (Fsp3) is 0.0909. The van der Waals surface area contributed by atoms with Gasteiger partial charge in [-0.1, -0.05) is 12.1 Å². The Morgan fingerprint density at radius 2 is 1.53 bits per heavy atom. The summed E-state index contributed by atoms with van der Waals surface area (Å²) in [5.41, 5.74) is 4.03. The molecule has 168 valence electrons. The Balaban J connectivity index is 0.000000303. The van der Waals surface area contributed by atoms with Crippen LogP contribution in [0.1, 0.15) is 31.8 Å². The third kappa shape index (κ3) is 6.52. The number of benzene rings is 3. The lowest BCUT2D eigenvalue weighted by Gasteiger charge is -2.14. The second-order valence-electron chi connectivity index (χ2n) is 6.34. The lowest BCUT2D eigenvalue weighted by molar-refractivity contribution is -0.137. The van der Waals surface area contributed by atoms with Crippen molar-refractivity contribution in [1.29, 1.82) is 0 Å². The van der Waals surface area contributed by atoms with Gasteiger partial charge in [0.25, 0.3) is 11.1 Å². The van der Waals surface area contributed by atoms with E-state index in [1.54, 1.807) is 13.0 Å². The maximum atomic E-state index is 13.0. The molecule has 4 nitrogen and oxygen atoms in total. The molecule has 0 radical (unpaired) electrons. The van der Waals surface area contributed by atoms with Crippen molar-refractivity contribution in [2.45, 2.75) is 13.1 Å². The molecule has 0 fully saturated rings. The predicted molar refractivity (Wildman–Crippen MR) is 108 cm³/mol. The zero-order valence-corrected chi connectivity index (χ0v) is 17.1. The number of carbonyl (C=O) groups is 2. The van der Waals surface area contributed by atoms with Crippen LogP contribution in [-0.4, -0.2) is 11.1 Å². The number of nitrogens with two attached hydrogens (primary N) is 1. The smallest absolute Gasteiger partial charge is 0.416 e. The monoisotopic (exact) mass is 471 g/mol. The van der Waals surface area contributed by atoms with Gasteiger partial charge in [0.05, 0.1) is 16.7 Å². The van der Waals surface area contributed by atoms with Crippen molar-refractivity contribution >= 4 is 22.8 Å². The zero-order chi connectivity index (χ0) is 24.1. The van der Waals surface area contributed by atoms with E-state index in [1.807, 2.05) is 0 Å². The van der Waals surface area contributed by atoms with Gasteiger partial charge in [-0.2, -0.15) is 13.2 Å². The number of halogens is 6. The number of alkyl halides is 3. The van der Waals surface area contributed by atoms with Crippen molar-refractivity contribution < 1.29 is 36.3 Å². The summed E-state index contributed by atoms with van der Waals surface area (Å²) in [6, 6.07) is 11.6. The fourth-order valence-corrected chi connectivity index (χ4v) is 2.61. The highest BCUT2D eigenvalue weighted by molar-refractivity contribution is 6.67. The molecule has 3 rings (SSSR count). The lowest BCUT2D eigenvalue weighted by atomic mass is 10.1. The molecule has 0 aliphatic carbocycles. The summed E-state index contributed by atoms with van der Waals surface area (Å²) in [5.74, 6) is -2.03. The molecule has 0 spiro atoms. The van der Waals surface area contributed by atoms with Crippen LogP contribution in [0.15, 0.2) is 60.7 Å². The van der Waals surface area contributed by atoms with Gasteiger partial charge in [0, 0.05) is 0 Å². The number of hydrogen-bond acceptors (Lipinski definition) is 3. The number of hydrogen-bond donors (Lipinski definition) is 1. The van der Waals surface area contributed by atoms with Crippen molar-refractivity contribution in [3.63, 3.8) is 0 Å². The Morgan fingerprint density at radius 3 is 2.03 bits per heavy atom. The normalized spacial score (nSPS) is 10.7. The first kappa shape index (κ1) is 24.8. The summed E-state index contributed by atoms with van der Waals surface area (Å²) in [6.07, 6.45) is -4.60. The molecule has 2 N–H and O–H groups in total. The minimum absolute atomic E-state index is 0.0795. The summed E-state index contributed by atoms with van der Waals surface area (Å²) >= 11 is 5.03. The number of aryl methyl sites for hydroxylation is 1. The van der Waals surface area contributed by atoms with Crippen LogP contribution in [0.25, 0.3) is 0 Å². The second-order valence-corrected chi connectivity index (χ2v) is 6.68. The van der Waals surface area contributed by atoms with Gasteiger partial charge in [-0.05, 0) is 72.6 Å². The van der Waals surface area contributed by atoms with Crippen molar-refractivity contribution in [1.82, 2.24) is 0 Å². The minimum atomic E-state index is -4.60. The number of amides is 1. The third-order valence-electron chi connectivity index (χ3n) is 4.01. The number of rotatable bonds is 4. The molecule has 0 heterocycles. The topological polar surface area (TPSA) is 69.4 Å². The molecule has 10 heteroatoms. The van der Waals surface area contributed by atoms with Crippen molar-refractivity contribution in [2.24, 2.45) is 5.73 Å². The van der Waals surface area contributed by atoms with E-state index in [-0.39, 0.29) is 17.1 Å². The Hall–Kier alpha value is -3.46. The minimum Gasteiger partial charge on any atom is -0.456 e. The molecular formula is C22H15ClF5NO3. The average Bonchev–Trinajstić information content (AvgIpc) is 2.70. The molecule has 0 saturated carbocycles. The molecule has 0 atom stereocenters. The van der Waals surface area contributed by atoms with E-state index in [2.05, 4.69) is 0 Å². The first-order chi connectivity index (χ1) is 14.9. The zero-order valence-electron chi connectivity index (χ0n) is 16.3. The SMILES string of the molecule is Cc1cc(F)ccc1Oc1ccc(C(F)(F)F)cc1C(N)=O.O=C(Cl)c1ccccc1F. The Bertz CT molecular complexity index is 1150. The van der Waals surface area contributed by atoms with Crippen molar-refractivity contribution in [3.05, 3.63) is 94.6 Å². The molecule has 3 aromatic carbocycles. The van der Waals surface area contributed by atoms with Crippen LogP contribution in [0, 0.1) is 18.6 Å². The highest BCUT2D eigenvalue weighted by Crippen LogP contribution is 2.34. The van der Waals surface area contributed by atoms with Crippen LogP contribution in [0.3, 0.4) is 0 Å². The van der Waals surface area contributed by atoms with Crippen molar-refractivity contribution in [2.75, 3.05) is 0 Å². The summed E-state index contributed by atoms with van der Waals surface area (Å²) < 4.78 is 68.9. The van der Waals surface area contributed by atoms with Gasteiger partial charge < -0.3 is 10.5 Å². The summed E-state index contributed by atoms with van der Waals surface area (Å²) in [6.45, 7) is 1.56. The van der Waals surface area contributed by atoms with Gasteiger partial charge in [-0.3, -0.25) is 9.59 Å². The Labute approximate surface area is 184 Å². The largest absolute Gasteiger partial charge is 0.456 e. The maximum Gasteiger partial charge on any atom is 0.416 e. The predicted octanol–water partition coefficient (Wildman–Crippen LogP) is 6.25. The molecule has 0 aliphatic heterocycles. The number of carbonyl (C=O) groups excluding carboxylic acids is 2. The Morgan fingerprint density at radius 1 is 0.906 bits per heavy atom. The molecular weight excluding hydrogens is 457 g/mol. The van der Waals surface area contributed by atoms with E-state index in [0.717, 1.165) is 18.2 Å². The van der Waals surface area contributed by atoms with Crippen LogP contribution in [0.5, 0.6) is 11.5 Å². The van der Waals surface area contributed by atoms with Crippen LogP contribution >= 0.6 is 11.6 Å². The highest BCUT2D eigenvalue weighted by Gasteiger charge is 2.32. The van der Waals surface area contributed by atoms with E-state index in [9.17, 15) is 31.5 Å². The standard InChI is InChI=1S/C15H11F4NO2.C7H4ClFO/c1-8-6-10(16)3-5-12(8)22-13-4-2-9(15(17,18)19)7-11(13)14(20)21;8-7(10)5-3-1-2-4-6(5)9/h2-7H,1H3,(H2,20,21);1-4H. The summed E-state index contributed by atoms with van der Waals surface area (Å²) in [5, 5.41) is -0.766. The first-order valence-corrected chi connectivity index (χ1v) is 9.17. The van der Waals surface area contributed by atoms with Crippen LogP contribution in [0.4, 0.5) is 22.0 Å². The molecule has 32 heavy (non-hydrogen) atoms. The fourth-order valence-electron chi connectivity index (χ4n) is 2.45.